The third-order valence-electron chi connectivity index (χ3n) is 4.76. The Bertz CT molecular complexity index is 418. The molecule has 4 atom stereocenters. The minimum Gasteiger partial charge on any atom is -0.464 e. The van der Waals surface area contributed by atoms with Crippen LogP contribution in [-0.4, -0.2) is 53.6 Å². The van der Waals surface area contributed by atoms with Crippen LogP contribution in [0.5, 0.6) is 0 Å². The van der Waals surface area contributed by atoms with E-state index >= 15 is 0 Å². The second kappa shape index (κ2) is 7.46. The van der Waals surface area contributed by atoms with Gasteiger partial charge in [0.1, 0.15) is 6.04 Å². The molecule has 0 radical (unpaired) electrons. The lowest BCUT2D eigenvalue weighted by Crippen LogP contribution is -2.55. The molecule has 1 saturated carbocycles. The Kier molecular flexibility index (Phi) is 5.86. The van der Waals surface area contributed by atoms with Gasteiger partial charge >= 0.3 is 13.0 Å². The molecular weight excluding hydrogens is 283 g/mol. The molecular formula is C15H27BN2O4. The van der Waals surface area contributed by atoms with Crippen LogP contribution in [0.25, 0.3) is 0 Å². The molecule has 0 spiro atoms. The fourth-order valence-corrected chi connectivity index (χ4v) is 3.88. The van der Waals surface area contributed by atoms with Crippen molar-refractivity contribution in [2.75, 3.05) is 6.61 Å². The van der Waals surface area contributed by atoms with E-state index in [-0.39, 0.29) is 17.9 Å². The molecule has 0 aromatic carbocycles. The lowest BCUT2D eigenvalue weighted by atomic mass is 9.84. The van der Waals surface area contributed by atoms with Crippen molar-refractivity contribution in [3.8, 4) is 0 Å². The molecule has 2 aliphatic rings. The first-order valence-electron chi connectivity index (χ1n) is 8.38. The van der Waals surface area contributed by atoms with E-state index in [1.165, 1.54) is 6.42 Å². The van der Waals surface area contributed by atoms with Crippen LogP contribution >= 0.6 is 0 Å². The van der Waals surface area contributed by atoms with Crippen molar-refractivity contribution >= 4 is 18.9 Å². The monoisotopic (exact) mass is 310 g/mol. The summed E-state index contributed by atoms with van der Waals surface area (Å²) in [5, 5.41) is 12.3. The lowest BCUT2D eigenvalue weighted by Gasteiger charge is -2.35. The molecule has 2 fully saturated rings. The highest BCUT2D eigenvalue weighted by Crippen LogP contribution is 2.40. The summed E-state index contributed by atoms with van der Waals surface area (Å²) in [6.45, 7) is 5.42. The zero-order valence-corrected chi connectivity index (χ0v) is 13.7. The Labute approximate surface area is 132 Å². The molecule has 22 heavy (non-hydrogen) atoms. The van der Waals surface area contributed by atoms with Crippen molar-refractivity contribution in [2.45, 2.75) is 70.9 Å². The molecule has 0 bridgehead atoms. The fourth-order valence-electron chi connectivity index (χ4n) is 3.88. The minimum atomic E-state index is -0.759. The average Bonchev–Trinajstić information content (AvgIpc) is 2.85. The largest absolute Gasteiger partial charge is 0.464 e. The molecule has 124 valence electrons. The number of hydrogen-bond acceptors (Lipinski definition) is 5. The number of fused-ring (bicyclic) bond motifs is 1. The topological polar surface area (TPSA) is 78.9 Å². The maximum atomic E-state index is 12.8. The number of nitrogens with zero attached hydrogens (tertiary/aromatic N) is 1. The normalized spacial score (nSPS) is 28.9. The summed E-state index contributed by atoms with van der Waals surface area (Å²) in [6, 6.07) is -0.856. The fraction of sp³-hybridized carbons (Fsp3) is 0.867. The molecule has 0 aromatic rings. The summed E-state index contributed by atoms with van der Waals surface area (Å²) >= 11 is 0. The minimum absolute atomic E-state index is 0.117. The molecule has 0 unspecified atom stereocenters. The van der Waals surface area contributed by atoms with Gasteiger partial charge in [0.05, 0.1) is 12.6 Å². The predicted molar refractivity (Wildman–Crippen MR) is 84.1 cm³/mol. The van der Waals surface area contributed by atoms with Crippen LogP contribution in [0.15, 0.2) is 0 Å². The quantitative estimate of drug-likeness (QED) is 0.580. The van der Waals surface area contributed by atoms with E-state index in [2.05, 4.69) is 5.23 Å². The molecule has 1 heterocycles. The SMILES string of the molecule is CCOC(=O)[C@H]1C[C@H]2CCCC[C@H]2N1C(=O)[C@H](C)NB(C)O. The van der Waals surface area contributed by atoms with Gasteiger partial charge in [0.25, 0.3) is 0 Å². The number of hydrogen-bond donors (Lipinski definition) is 2. The Hall–Kier alpha value is -1.08. The first-order valence-corrected chi connectivity index (χ1v) is 8.38. The maximum Gasteiger partial charge on any atom is 0.374 e. The van der Waals surface area contributed by atoms with Gasteiger partial charge in [-0.05, 0) is 45.9 Å². The molecule has 1 aliphatic carbocycles. The molecule has 1 aliphatic heterocycles. The van der Waals surface area contributed by atoms with Crippen molar-refractivity contribution in [1.82, 2.24) is 10.1 Å². The average molecular weight is 310 g/mol. The summed E-state index contributed by atoms with van der Waals surface area (Å²) in [4.78, 5) is 26.8. The highest BCUT2D eigenvalue weighted by atomic mass is 16.5. The number of carbonyl (C=O) groups is 2. The van der Waals surface area contributed by atoms with E-state index in [0.29, 0.717) is 18.9 Å². The van der Waals surface area contributed by atoms with Crippen LogP contribution in [0.2, 0.25) is 6.82 Å². The summed E-state index contributed by atoms with van der Waals surface area (Å²) in [5.74, 6) is -0.0197. The van der Waals surface area contributed by atoms with E-state index in [0.717, 1.165) is 19.3 Å². The summed E-state index contributed by atoms with van der Waals surface area (Å²) in [5.41, 5.74) is 0. The number of esters is 1. The molecule has 0 aromatic heterocycles. The zero-order chi connectivity index (χ0) is 16.3. The van der Waals surface area contributed by atoms with Gasteiger partial charge in [-0.25, -0.2) is 4.79 Å². The van der Waals surface area contributed by atoms with Crippen LogP contribution in [0.1, 0.15) is 46.0 Å². The third-order valence-corrected chi connectivity index (χ3v) is 4.76. The molecule has 1 amide bonds. The van der Waals surface area contributed by atoms with Gasteiger partial charge in [0.15, 0.2) is 0 Å². The van der Waals surface area contributed by atoms with Gasteiger partial charge in [-0.1, -0.05) is 12.8 Å². The van der Waals surface area contributed by atoms with Crippen molar-refractivity contribution < 1.29 is 19.3 Å². The Morgan fingerprint density at radius 2 is 2.09 bits per heavy atom. The third kappa shape index (κ3) is 3.63. The van der Waals surface area contributed by atoms with Crippen LogP contribution < -0.4 is 5.23 Å². The summed E-state index contributed by atoms with van der Waals surface area (Å²) in [6.07, 6.45) is 4.99. The van der Waals surface area contributed by atoms with Gasteiger partial charge in [-0.2, -0.15) is 0 Å². The maximum absolute atomic E-state index is 12.8. The number of ether oxygens (including phenoxy) is 1. The number of likely N-dealkylation sites (tertiary alicyclic amines) is 1. The van der Waals surface area contributed by atoms with Crippen LogP contribution in [0.3, 0.4) is 0 Å². The van der Waals surface area contributed by atoms with Crippen molar-refractivity contribution in [1.29, 1.82) is 0 Å². The van der Waals surface area contributed by atoms with Crippen LogP contribution in [0.4, 0.5) is 0 Å². The highest BCUT2D eigenvalue weighted by molar-refractivity contribution is 6.46. The lowest BCUT2D eigenvalue weighted by molar-refractivity contribution is -0.154. The highest BCUT2D eigenvalue weighted by Gasteiger charge is 2.48. The molecule has 6 nitrogen and oxygen atoms in total. The number of carbonyl (C=O) groups excluding carboxylic acids is 2. The Morgan fingerprint density at radius 1 is 1.41 bits per heavy atom. The number of nitrogens with one attached hydrogen (secondary N) is 1. The van der Waals surface area contributed by atoms with E-state index in [9.17, 15) is 14.6 Å². The van der Waals surface area contributed by atoms with Gasteiger partial charge in [-0.3, -0.25) is 4.79 Å². The molecule has 2 N–H and O–H groups in total. The van der Waals surface area contributed by atoms with Gasteiger partial charge in [-0.15, -0.1) is 0 Å². The van der Waals surface area contributed by atoms with Crippen LogP contribution in [0, 0.1) is 5.92 Å². The van der Waals surface area contributed by atoms with E-state index in [1.54, 1.807) is 25.6 Å². The van der Waals surface area contributed by atoms with Crippen molar-refractivity contribution in [2.24, 2.45) is 5.92 Å². The Morgan fingerprint density at radius 3 is 2.73 bits per heavy atom. The molecule has 1 saturated heterocycles. The van der Waals surface area contributed by atoms with E-state index in [1.807, 2.05) is 0 Å². The summed E-state index contributed by atoms with van der Waals surface area (Å²) in [7, 11) is -0.759. The second-order valence-electron chi connectivity index (χ2n) is 6.43. The molecule has 2 rings (SSSR count). The van der Waals surface area contributed by atoms with Crippen molar-refractivity contribution in [3.63, 3.8) is 0 Å². The Balaban J connectivity index is 2.17. The first-order chi connectivity index (χ1) is 10.5. The standard InChI is InChI=1S/C15H27BN2O4/c1-4-22-15(20)13-9-11-7-5-6-8-12(11)18(13)14(19)10(2)17-16(3)21/h10-13,17,21H,4-9H2,1-3H3/t10-,11+,12+,13+/m0/s1. The number of rotatable bonds is 5. The smallest absolute Gasteiger partial charge is 0.374 e. The van der Waals surface area contributed by atoms with Gasteiger partial charge in [0.2, 0.25) is 5.91 Å². The van der Waals surface area contributed by atoms with E-state index in [4.69, 9.17) is 4.74 Å². The zero-order valence-electron chi connectivity index (χ0n) is 13.7. The van der Waals surface area contributed by atoms with Gasteiger partial charge in [0, 0.05) is 6.04 Å². The van der Waals surface area contributed by atoms with Gasteiger partial charge < -0.3 is 19.9 Å². The van der Waals surface area contributed by atoms with Crippen LogP contribution in [-0.2, 0) is 14.3 Å². The first kappa shape index (κ1) is 17.3. The second-order valence-corrected chi connectivity index (χ2v) is 6.43. The molecule has 7 heteroatoms. The van der Waals surface area contributed by atoms with E-state index < -0.39 is 19.1 Å². The number of amides is 1. The van der Waals surface area contributed by atoms with Crippen molar-refractivity contribution in [3.05, 3.63) is 0 Å². The predicted octanol–water partition coefficient (Wildman–Crippen LogP) is 0.798. The summed E-state index contributed by atoms with van der Waals surface area (Å²) < 4.78 is 5.17.